The molecule has 2 fully saturated rings. The Morgan fingerprint density at radius 2 is 1.88 bits per heavy atom. The van der Waals surface area contributed by atoms with Crippen LogP contribution < -0.4 is 5.32 Å². The molecule has 1 atom stereocenters. The molecule has 5 nitrogen and oxygen atoms in total. The highest BCUT2D eigenvalue weighted by Crippen LogP contribution is 2.25. The predicted molar refractivity (Wildman–Crippen MR) is 96.2 cm³/mol. The first kappa shape index (κ1) is 19.5. The Labute approximate surface area is 147 Å². The summed E-state index contributed by atoms with van der Waals surface area (Å²) in [5, 5.41) is 3.44. The van der Waals surface area contributed by atoms with Gasteiger partial charge in [0.2, 0.25) is 0 Å². The summed E-state index contributed by atoms with van der Waals surface area (Å²) in [5.74, 6) is 0.381. The number of ether oxygens (including phenoxy) is 2. The molecule has 0 aromatic carbocycles. The number of carbonyl (C=O) groups is 1. The predicted octanol–water partition coefficient (Wildman–Crippen LogP) is 3.57. The number of hydrogen-bond acceptors (Lipinski definition) is 4. The van der Waals surface area contributed by atoms with E-state index in [1.807, 2.05) is 7.05 Å². The van der Waals surface area contributed by atoms with Gasteiger partial charge in [0.25, 0.3) is 0 Å². The number of nitrogens with one attached hydrogen (secondary N) is 1. The number of hydrogen-bond donors (Lipinski definition) is 1. The highest BCUT2D eigenvalue weighted by Gasteiger charge is 2.27. The zero-order valence-electron chi connectivity index (χ0n) is 15.8. The molecule has 2 rings (SSSR count). The van der Waals surface area contributed by atoms with Gasteiger partial charge in [-0.15, -0.1) is 0 Å². The van der Waals surface area contributed by atoms with E-state index in [-0.39, 0.29) is 6.09 Å². The van der Waals surface area contributed by atoms with Crippen LogP contribution in [0.4, 0.5) is 4.79 Å². The normalized spacial score (nSPS) is 26.9. The SMILES string of the molecule is CC(C)COC(=O)N(C)C1CCC(OCCCCC2CCN2)CC1. The fraction of sp³-hybridized carbons (Fsp3) is 0.947. The Bertz CT molecular complexity index is 364. The number of carbonyl (C=O) groups excluding carboxylic acids is 1. The molecule has 1 aliphatic heterocycles. The van der Waals surface area contributed by atoms with E-state index in [1.54, 1.807) is 4.90 Å². The second-order valence-corrected chi connectivity index (χ2v) is 7.82. The van der Waals surface area contributed by atoms with Crippen molar-refractivity contribution in [2.75, 3.05) is 26.8 Å². The summed E-state index contributed by atoms with van der Waals surface area (Å²) in [6.45, 7) is 6.69. The molecule has 0 aromatic rings. The van der Waals surface area contributed by atoms with Crippen LogP contribution in [0.25, 0.3) is 0 Å². The third-order valence-corrected chi connectivity index (χ3v) is 5.25. The Kier molecular flexibility index (Phi) is 8.33. The van der Waals surface area contributed by atoms with Crippen molar-refractivity contribution in [2.45, 2.75) is 83.4 Å². The molecule has 1 unspecified atom stereocenters. The Balaban J connectivity index is 1.52. The quantitative estimate of drug-likeness (QED) is 0.652. The molecule has 0 aromatic heterocycles. The summed E-state index contributed by atoms with van der Waals surface area (Å²) >= 11 is 0. The van der Waals surface area contributed by atoms with Gasteiger partial charge in [0.05, 0.1) is 12.7 Å². The first-order valence-electron chi connectivity index (χ1n) is 9.80. The molecule has 1 heterocycles. The number of unbranched alkanes of at least 4 members (excludes halogenated alkanes) is 1. The van der Waals surface area contributed by atoms with Crippen LogP contribution in [0.2, 0.25) is 0 Å². The van der Waals surface area contributed by atoms with Crippen LogP contribution in [-0.2, 0) is 9.47 Å². The summed E-state index contributed by atoms with van der Waals surface area (Å²) < 4.78 is 11.3. The van der Waals surface area contributed by atoms with Crippen LogP contribution in [-0.4, -0.2) is 56.0 Å². The smallest absolute Gasteiger partial charge is 0.409 e. The monoisotopic (exact) mass is 340 g/mol. The molecular formula is C19H36N2O3. The molecule has 1 saturated heterocycles. The van der Waals surface area contributed by atoms with Crippen molar-refractivity contribution in [1.29, 1.82) is 0 Å². The second-order valence-electron chi connectivity index (χ2n) is 7.82. The van der Waals surface area contributed by atoms with Gasteiger partial charge >= 0.3 is 6.09 Å². The van der Waals surface area contributed by atoms with Crippen LogP contribution in [0.5, 0.6) is 0 Å². The molecule has 0 bridgehead atoms. The Hall–Kier alpha value is -0.810. The molecule has 2 aliphatic rings. The van der Waals surface area contributed by atoms with Crippen molar-refractivity contribution in [3.05, 3.63) is 0 Å². The van der Waals surface area contributed by atoms with Gasteiger partial charge in [-0.3, -0.25) is 0 Å². The molecular weight excluding hydrogens is 304 g/mol. The first-order valence-corrected chi connectivity index (χ1v) is 9.80. The molecule has 5 heteroatoms. The maximum absolute atomic E-state index is 12.0. The molecule has 1 N–H and O–H groups in total. The van der Waals surface area contributed by atoms with E-state index in [4.69, 9.17) is 9.47 Å². The van der Waals surface area contributed by atoms with Crippen LogP contribution in [0.1, 0.15) is 65.2 Å². The molecule has 1 amide bonds. The zero-order valence-corrected chi connectivity index (χ0v) is 15.8. The molecule has 0 spiro atoms. The maximum atomic E-state index is 12.0. The first-order chi connectivity index (χ1) is 11.6. The highest BCUT2D eigenvalue weighted by molar-refractivity contribution is 5.67. The maximum Gasteiger partial charge on any atom is 0.409 e. The summed E-state index contributed by atoms with van der Waals surface area (Å²) in [6.07, 6.45) is 9.40. The standard InChI is InChI=1S/C19H36N2O3/c1-15(2)14-24-19(22)21(3)17-7-9-18(10-8-17)23-13-5-4-6-16-11-12-20-16/h15-18,20H,4-14H2,1-3H3. The molecule has 1 aliphatic carbocycles. The topological polar surface area (TPSA) is 50.8 Å². The van der Waals surface area contributed by atoms with Crippen LogP contribution >= 0.6 is 0 Å². The van der Waals surface area contributed by atoms with Gasteiger partial charge in [0.15, 0.2) is 0 Å². The Morgan fingerprint density at radius 3 is 2.46 bits per heavy atom. The van der Waals surface area contributed by atoms with E-state index in [0.717, 1.165) is 38.3 Å². The van der Waals surface area contributed by atoms with E-state index in [0.29, 0.717) is 24.7 Å². The molecule has 24 heavy (non-hydrogen) atoms. The Morgan fingerprint density at radius 1 is 1.17 bits per heavy atom. The van der Waals surface area contributed by atoms with Crippen LogP contribution in [0.3, 0.4) is 0 Å². The van der Waals surface area contributed by atoms with Gasteiger partial charge in [-0.25, -0.2) is 4.79 Å². The van der Waals surface area contributed by atoms with E-state index in [9.17, 15) is 4.79 Å². The summed E-state index contributed by atoms with van der Waals surface area (Å²) in [6, 6.07) is 1.07. The third-order valence-electron chi connectivity index (χ3n) is 5.25. The third kappa shape index (κ3) is 6.60. The minimum Gasteiger partial charge on any atom is -0.449 e. The van der Waals surface area contributed by atoms with E-state index < -0.39 is 0 Å². The molecule has 0 radical (unpaired) electrons. The van der Waals surface area contributed by atoms with Gasteiger partial charge in [-0.2, -0.15) is 0 Å². The van der Waals surface area contributed by atoms with Crippen molar-refractivity contribution >= 4 is 6.09 Å². The second kappa shape index (κ2) is 10.2. The molecule has 140 valence electrons. The minimum atomic E-state index is -0.183. The fourth-order valence-electron chi connectivity index (χ4n) is 3.43. The number of amides is 1. The van der Waals surface area contributed by atoms with Crippen molar-refractivity contribution in [2.24, 2.45) is 5.92 Å². The van der Waals surface area contributed by atoms with Gasteiger partial charge in [0, 0.05) is 25.7 Å². The fourth-order valence-corrected chi connectivity index (χ4v) is 3.43. The number of nitrogens with zero attached hydrogens (tertiary/aromatic N) is 1. The van der Waals surface area contributed by atoms with Crippen molar-refractivity contribution in [3.63, 3.8) is 0 Å². The average Bonchev–Trinajstić information content (AvgIpc) is 2.54. The average molecular weight is 341 g/mol. The van der Waals surface area contributed by atoms with Crippen LogP contribution in [0, 0.1) is 5.92 Å². The van der Waals surface area contributed by atoms with Crippen molar-refractivity contribution in [1.82, 2.24) is 10.2 Å². The minimum absolute atomic E-state index is 0.183. The summed E-state index contributed by atoms with van der Waals surface area (Å²) in [5.41, 5.74) is 0. The van der Waals surface area contributed by atoms with Gasteiger partial charge < -0.3 is 19.7 Å². The lowest BCUT2D eigenvalue weighted by Gasteiger charge is -2.34. The van der Waals surface area contributed by atoms with E-state index >= 15 is 0 Å². The van der Waals surface area contributed by atoms with E-state index in [1.165, 1.54) is 32.2 Å². The van der Waals surface area contributed by atoms with Gasteiger partial charge in [-0.1, -0.05) is 13.8 Å². The lowest BCUT2D eigenvalue weighted by atomic mass is 9.92. The van der Waals surface area contributed by atoms with Crippen LogP contribution in [0.15, 0.2) is 0 Å². The summed E-state index contributed by atoms with van der Waals surface area (Å²) in [7, 11) is 1.86. The van der Waals surface area contributed by atoms with Gasteiger partial charge in [0.1, 0.15) is 0 Å². The van der Waals surface area contributed by atoms with Crippen molar-refractivity contribution in [3.8, 4) is 0 Å². The lowest BCUT2D eigenvalue weighted by Crippen LogP contribution is -2.42. The number of rotatable bonds is 9. The molecule has 1 saturated carbocycles. The van der Waals surface area contributed by atoms with Crippen molar-refractivity contribution < 1.29 is 14.3 Å². The van der Waals surface area contributed by atoms with Gasteiger partial charge in [-0.05, 0) is 63.8 Å². The van der Waals surface area contributed by atoms with E-state index in [2.05, 4.69) is 19.2 Å². The zero-order chi connectivity index (χ0) is 17.4. The summed E-state index contributed by atoms with van der Waals surface area (Å²) in [4.78, 5) is 13.8. The lowest BCUT2D eigenvalue weighted by molar-refractivity contribution is 0.00655. The highest BCUT2D eigenvalue weighted by atomic mass is 16.6. The largest absolute Gasteiger partial charge is 0.449 e.